The van der Waals surface area contributed by atoms with Gasteiger partial charge in [-0.15, -0.1) is 0 Å². The van der Waals surface area contributed by atoms with Crippen LogP contribution in [0.3, 0.4) is 0 Å². The zero-order valence-corrected chi connectivity index (χ0v) is 11.2. The van der Waals surface area contributed by atoms with Crippen molar-refractivity contribution in [3.63, 3.8) is 0 Å². The molecule has 1 aromatic carbocycles. The van der Waals surface area contributed by atoms with Crippen LogP contribution in [0.4, 0.5) is 0 Å². The molecule has 0 bridgehead atoms. The largest absolute Gasteiger partial charge is 0.459 e. The number of aromatic nitrogens is 2. The Hall–Kier alpha value is -2.07. The van der Waals surface area contributed by atoms with Gasteiger partial charge in [-0.1, -0.05) is 18.2 Å². The number of rotatable bonds is 3. The standard InChI is InChI=1S/C15H17N3O/c1-10-7-11(2)18(17-10)9-13-12-5-3-4-6-14(12)19-15(13)8-16/h3-7H,8-9,16H2,1-2H3. The zero-order valence-electron chi connectivity index (χ0n) is 11.2. The van der Waals surface area contributed by atoms with Gasteiger partial charge in [0.2, 0.25) is 0 Å². The number of hydrogen-bond acceptors (Lipinski definition) is 3. The summed E-state index contributed by atoms with van der Waals surface area (Å²) in [6, 6.07) is 10.1. The lowest BCUT2D eigenvalue weighted by Crippen LogP contribution is -2.07. The normalized spacial score (nSPS) is 11.3. The minimum absolute atomic E-state index is 0.406. The van der Waals surface area contributed by atoms with Crippen molar-refractivity contribution in [2.24, 2.45) is 5.73 Å². The second kappa shape index (κ2) is 4.55. The summed E-state index contributed by atoms with van der Waals surface area (Å²) in [6.45, 7) is 5.16. The average Bonchev–Trinajstić information content (AvgIpc) is 2.91. The lowest BCUT2D eigenvalue weighted by Gasteiger charge is -2.04. The van der Waals surface area contributed by atoms with Gasteiger partial charge in [0.05, 0.1) is 18.8 Å². The predicted molar refractivity (Wildman–Crippen MR) is 74.9 cm³/mol. The van der Waals surface area contributed by atoms with Gasteiger partial charge in [0.1, 0.15) is 11.3 Å². The molecule has 0 fully saturated rings. The second-order valence-electron chi connectivity index (χ2n) is 4.79. The number of nitrogens with zero attached hydrogens (tertiary/aromatic N) is 2. The van der Waals surface area contributed by atoms with Gasteiger partial charge in [0.25, 0.3) is 0 Å². The molecule has 0 spiro atoms. The molecule has 0 aliphatic rings. The lowest BCUT2D eigenvalue weighted by molar-refractivity contribution is 0.537. The zero-order chi connectivity index (χ0) is 13.4. The minimum atomic E-state index is 0.406. The summed E-state index contributed by atoms with van der Waals surface area (Å²) in [7, 11) is 0. The number of para-hydroxylation sites is 1. The molecule has 0 unspecified atom stereocenters. The first-order valence-electron chi connectivity index (χ1n) is 6.39. The van der Waals surface area contributed by atoms with E-state index in [0.29, 0.717) is 13.1 Å². The maximum Gasteiger partial charge on any atom is 0.134 e. The smallest absolute Gasteiger partial charge is 0.134 e. The van der Waals surface area contributed by atoms with Crippen molar-refractivity contribution in [1.29, 1.82) is 0 Å². The highest BCUT2D eigenvalue weighted by atomic mass is 16.3. The highest BCUT2D eigenvalue weighted by molar-refractivity contribution is 5.82. The Bertz CT molecular complexity index is 724. The molecule has 0 atom stereocenters. The Kier molecular flexibility index (Phi) is 2.87. The van der Waals surface area contributed by atoms with Crippen molar-refractivity contribution in [3.05, 3.63) is 53.0 Å². The molecule has 19 heavy (non-hydrogen) atoms. The maximum absolute atomic E-state index is 5.80. The molecule has 3 rings (SSSR count). The Labute approximate surface area is 111 Å². The summed E-state index contributed by atoms with van der Waals surface area (Å²) >= 11 is 0. The number of aryl methyl sites for hydroxylation is 2. The summed E-state index contributed by atoms with van der Waals surface area (Å²) in [4.78, 5) is 0. The Morgan fingerprint density at radius 2 is 2.05 bits per heavy atom. The predicted octanol–water partition coefficient (Wildman–Crippen LogP) is 2.75. The number of benzene rings is 1. The molecule has 2 aromatic heterocycles. The summed E-state index contributed by atoms with van der Waals surface area (Å²) in [5, 5.41) is 5.62. The molecule has 98 valence electrons. The quantitative estimate of drug-likeness (QED) is 0.783. The molecule has 2 N–H and O–H groups in total. The fourth-order valence-corrected chi connectivity index (χ4v) is 2.47. The van der Waals surface area contributed by atoms with Crippen LogP contribution in [0.15, 0.2) is 34.7 Å². The minimum Gasteiger partial charge on any atom is -0.459 e. The first-order valence-corrected chi connectivity index (χ1v) is 6.39. The van der Waals surface area contributed by atoms with E-state index in [1.54, 1.807) is 0 Å². The number of nitrogens with two attached hydrogens (primary N) is 1. The van der Waals surface area contributed by atoms with Crippen molar-refractivity contribution in [2.45, 2.75) is 26.9 Å². The van der Waals surface area contributed by atoms with E-state index in [-0.39, 0.29) is 0 Å². The Morgan fingerprint density at radius 3 is 2.74 bits per heavy atom. The molecular weight excluding hydrogens is 238 g/mol. The topological polar surface area (TPSA) is 57.0 Å². The third-order valence-corrected chi connectivity index (χ3v) is 3.38. The van der Waals surface area contributed by atoms with E-state index in [0.717, 1.165) is 33.7 Å². The summed E-state index contributed by atoms with van der Waals surface area (Å²) in [6.07, 6.45) is 0. The van der Waals surface area contributed by atoms with E-state index in [2.05, 4.69) is 24.2 Å². The van der Waals surface area contributed by atoms with Crippen LogP contribution in [0, 0.1) is 13.8 Å². The van der Waals surface area contributed by atoms with Crippen LogP contribution in [-0.4, -0.2) is 9.78 Å². The average molecular weight is 255 g/mol. The first kappa shape index (κ1) is 12.0. The van der Waals surface area contributed by atoms with Gasteiger partial charge in [-0.3, -0.25) is 4.68 Å². The monoisotopic (exact) mass is 255 g/mol. The van der Waals surface area contributed by atoms with Crippen LogP contribution in [0.25, 0.3) is 11.0 Å². The Morgan fingerprint density at radius 1 is 1.26 bits per heavy atom. The molecular formula is C15H17N3O. The molecule has 0 saturated heterocycles. The van der Waals surface area contributed by atoms with Crippen molar-refractivity contribution in [2.75, 3.05) is 0 Å². The van der Waals surface area contributed by atoms with Gasteiger partial charge in [-0.2, -0.15) is 5.10 Å². The molecule has 0 amide bonds. The van der Waals surface area contributed by atoms with Gasteiger partial charge in [0.15, 0.2) is 0 Å². The lowest BCUT2D eigenvalue weighted by atomic mass is 10.1. The van der Waals surface area contributed by atoms with Gasteiger partial charge in [-0.05, 0) is 26.0 Å². The number of fused-ring (bicyclic) bond motifs is 1. The summed E-state index contributed by atoms with van der Waals surface area (Å²) < 4.78 is 7.79. The highest BCUT2D eigenvalue weighted by Crippen LogP contribution is 2.26. The van der Waals surface area contributed by atoms with Gasteiger partial charge < -0.3 is 10.2 Å². The third kappa shape index (κ3) is 2.04. The molecule has 4 heteroatoms. The van der Waals surface area contributed by atoms with Crippen molar-refractivity contribution < 1.29 is 4.42 Å². The second-order valence-corrected chi connectivity index (χ2v) is 4.79. The summed E-state index contributed by atoms with van der Waals surface area (Å²) in [5.41, 5.74) is 9.98. The van der Waals surface area contributed by atoms with Crippen LogP contribution in [0.1, 0.15) is 22.7 Å². The number of hydrogen-bond donors (Lipinski definition) is 1. The molecule has 0 aliphatic heterocycles. The van der Waals surface area contributed by atoms with E-state index in [4.69, 9.17) is 10.2 Å². The van der Waals surface area contributed by atoms with Gasteiger partial charge in [0, 0.05) is 16.6 Å². The summed E-state index contributed by atoms with van der Waals surface area (Å²) in [5.74, 6) is 0.841. The third-order valence-electron chi connectivity index (χ3n) is 3.38. The molecule has 0 aliphatic carbocycles. The van der Waals surface area contributed by atoms with E-state index < -0.39 is 0 Å². The molecule has 4 nitrogen and oxygen atoms in total. The molecule has 3 aromatic rings. The van der Waals surface area contributed by atoms with E-state index in [1.807, 2.05) is 29.8 Å². The van der Waals surface area contributed by atoms with Crippen LogP contribution in [0.2, 0.25) is 0 Å². The van der Waals surface area contributed by atoms with E-state index in [1.165, 1.54) is 0 Å². The molecule has 2 heterocycles. The van der Waals surface area contributed by atoms with Gasteiger partial charge in [-0.25, -0.2) is 0 Å². The van der Waals surface area contributed by atoms with Crippen molar-refractivity contribution in [1.82, 2.24) is 9.78 Å². The van der Waals surface area contributed by atoms with E-state index in [9.17, 15) is 0 Å². The highest BCUT2D eigenvalue weighted by Gasteiger charge is 2.14. The molecule has 0 saturated carbocycles. The van der Waals surface area contributed by atoms with Gasteiger partial charge >= 0.3 is 0 Å². The van der Waals surface area contributed by atoms with Crippen molar-refractivity contribution >= 4 is 11.0 Å². The fraction of sp³-hybridized carbons (Fsp3) is 0.267. The number of furan rings is 1. The Balaban J connectivity index is 2.11. The maximum atomic E-state index is 5.80. The fourth-order valence-electron chi connectivity index (χ4n) is 2.47. The van der Waals surface area contributed by atoms with Crippen LogP contribution < -0.4 is 5.73 Å². The first-order chi connectivity index (χ1) is 9.19. The van der Waals surface area contributed by atoms with Crippen LogP contribution in [0.5, 0.6) is 0 Å². The SMILES string of the molecule is Cc1cc(C)n(Cc2c(CN)oc3ccccc23)n1. The van der Waals surface area contributed by atoms with Crippen molar-refractivity contribution in [3.8, 4) is 0 Å². The van der Waals surface area contributed by atoms with E-state index >= 15 is 0 Å². The molecule has 0 radical (unpaired) electrons. The van der Waals surface area contributed by atoms with Crippen LogP contribution in [-0.2, 0) is 13.1 Å². The van der Waals surface area contributed by atoms with Crippen LogP contribution >= 0.6 is 0 Å².